The largest absolute Gasteiger partial charge is 0.298 e. The van der Waals surface area contributed by atoms with Gasteiger partial charge in [-0.3, -0.25) is 4.79 Å². The first-order chi connectivity index (χ1) is 7.63. The van der Waals surface area contributed by atoms with E-state index in [0.717, 1.165) is 42.0 Å². The van der Waals surface area contributed by atoms with Crippen molar-refractivity contribution in [1.29, 1.82) is 0 Å². The summed E-state index contributed by atoms with van der Waals surface area (Å²) in [5.74, 6) is 3.92. The van der Waals surface area contributed by atoms with E-state index in [0.29, 0.717) is 5.92 Å². The Balaban J connectivity index is 2.23. The first-order valence-electron chi connectivity index (χ1n) is 6.79. The molecule has 2 rings (SSSR count). The van der Waals surface area contributed by atoms with Gasteiger partial charge in [-0.2, -0.15) is 0 Å². The molecule has 0 aromatic carbocycles. The van der Waals surface area contributed by atoms with Gasteiger partial charge in [0, 0.05) is 0 Å². The van der Waals surface area contributed by atoms with Gasteiger partial charge < -0.3 is 0 Å². The van der Waals surface area contributed by atoms with E-state index in [1.807, 2.05) is 0 Å². The molecule has 1 heteroatoms. The van der Waals surface area contributed by atoms with Crippen LogP contribution in [0.2, 0.25) is 0 Å². The molecule has 1 nitrogen and oxygen atoms in total. The highest BCUT2D eigenvalue weighted by Gasteiger charge is 2.39. The maximum Gasteiger partial charge on any atom is 0.145 e. The average Bonchev–Trinajstić information content (AvgIpc) is 2.28. The van der Waals surface area contributed by atoms with Gasteiger partial charge in [-0.1, -0.05) is 33.3 Å². The highest BCUT2D eigenvalue weighted by Crippen LogP contribution is 2.47. The Bertz CT molecular complexity index is 290. The van der Waals surface area contributed by atoms with Crippen molar-refractivity contribution in [2.45, 2.75) is 46.5 Å². The molecule has 4 unspecified atom stereocenters. The number of rotatable bonds is 2. The van der Waals surface area contributed by atoms with Crippen molar-refractivity contribution in [3.8, 4) is 0 Å². The summed E-state index contributed by atoms with van der Waals surface area (Å²) in [6.45, 7) is 7.06. The van der Waals surface area contributed by atoms with E-state index in [-0.39, 0.29) is 0 Å². The Hall–Kier alpha value is -0.590. The van der Waals surface area contributed by atoms with Gasteiger partial charge in [0.25, 0.3) is 0 Å². The minimum Gasteiger partial charge on any atom is -0.298 e. The maximum absolute atomic E-state index is 10.9. The van der Waals surface area contributed by atoms with Gasteiger partial charge in [-0.05, 0) is 54.4 Å². The molecule has 4 atom stereocenters. The minimum absolute atomic E-state index is 0.678. The summed E-state index contributed by atoms with van der Waals surface area (Å²) in [5.41, 5.74) is 1.06. The van der Waals surface area contributed by atoms with Crippen LogP contribution in [0.3, 0.4) is 0 Å². The summed E-state index contributed by atoms with van der Waals surface area (Å²) >= 11 is 0. The zero-order valence-corrected chi connectivity index (χ0v) is 10.8. The molecular weight excluding hydrogens is 196 g/mol. The van der Waals surface area contributed by atoms with Crippen LogP contribution in [0.1, 0.15) is 46.5 Å². The molecule has 1 saturated carbocycles. The molecule has 90 valence electrons. The monoisotopic (exact) mass is 220 g/mol. The van der Waals surface area contributed by atoms with Crippen LogP contribution in [0.25, 0.3) is 0 Å². The average molecular weight is 220 g/mol. The molecular formula is C15H24O. The highest BCUT2D eigenvalue weighted by molar-refractivity contribution is 5.73. The Morgan fingerprint density at radius 3 is 2.69 bits per heavy atom. The van der Waals surface area contributed by atoms with Crippen molar-refractivity contribution in [2.24, 2.45) is 29.6 Å². The van der Waals surface area contributed by atoms with Gasteiger partial charge in [0.05, 0.1) is 0 Å². The fourth-order valence-corrected chi connectivity index (χ4v) is 3.82. The van der Waals surface area contributed by atoms with Crippen molar-refractivity contribution in [3.05, 3.63) is 11.6 Å². The second-order valence-corrected chi connectivity index (χ2v) is 6.10. The van der Waals surface area contributed by atoms with E-state index in [1.165, 1.54) is 19.3 Å². The molecule has 0 aromatic heterocycles. The van der Waals surface area contributed by atoms with Crippen LogP contribution in [0.5, 0.6) is 0 Å². The van der Waals surface area contributed by atoms with Gasteiger partial charge in [0.2, 0.25) is 0 Å². The lowest BCUT2D eigenvalue weighted by Crippen LogP contribution is -2.37. The fourth-order valence-electron chi connectivity index (χ4n) is 3.82. The normalized spacial score (nSPS) is 39.1. The van der Waals surface area contributed by atoms with E-state index in [9.17, 15) is 4.79 Å². The van der Waals surface area contributed by atoms with Gasteiger partial charge in [0.1, 0.15) is 6.29 Å². The lowest BCUT2D eigenvalue weighted by atomic mass is 9.60. The molecule has 0 amide bonds. The second kappa shape index (κ2) is 4.73. The molecule has 0 radical (unpaired) electrons. The van der Waals surface area contributed by atoms with Crippen molar-refractivity contribution >= 4 is 6.29 Å². The molecule has 0 bridgehead atoms. The molecule has 0 N–H and O–H groups in total. The Kier molecular flexibility index (Phi) is 3.51. The van der Waals surface area contributed by atoms with Crippen molar-refractivity contribution in [2.75, 3.05) is 0 Å². The Morgan fingerprint density at radius 2 is 2.06 bits per heavy atom. The van der Waals surface area contributed by atoms with Crippen LogP contribution < -0.4 is 0 Å². The molecule has 2 aliphatic rings. The van der Waals surface area contributed by atoms with E-state index >= 15 is 0 Å². The first-order valence-corrected chi connectivity index (χ1v) is 6.79. The van der Waals surface area contributed by atoms with E-state index in [4.69, 9.17) is 0 Å². The summed E-state index contributed by atoms with van der Waals surface area (Å²) in [6.07, 6.45) is 8.37. The summed E-state index contributed by atoms with van der Waals surface area (Å²) in [5, 5.41) is 0. The Labute approximate surface area is 99.3 Å². The van der Waals surface area contributed by atoms with Gasteiger partial charge in [-0.25, -0.2) is 0 Å². The summed E-state index contributed by atoms with van der Waals surface area (Å²) in [7, 11) is 0. The first kappa shape index (κ1) is 11.9. The van der Waals surface area contributed by atoms with E-state index in [1.54, 1.807) is 0 Å². The summed E-state index contributed by atoms with van der Waals surface area (Å²) < 4.78 is 0. The minimum atomic E-state index is 0.678. The molecule has 1 fully saturated rings. The third-order valence-corrected chi connectivity index (χ3v) is 4.86. The van der Waals surface area contributed by atoms with Crippen LogP contribution >= 0.6 is 0 Å². The number of hydrogen-bond acceptors (Lipinski definition) is 1. The van der Waals surface area contributed by atoms with Crippen molar-refractivity contribution in [3.63, 3.8) is 0 Å². The molecule has 0 saturated heterocycles. The van der Waals surface area contributed by atoms with Crippen LogP contribution in [0.15, 0.2) is 11.6 Å². The third kappa shape index (κ3) is 2.09. The number of carbonyl (C=O) groups is 1. The van der Waals surface area contributed by atoms with Crippen LogP contribution in [0.4, 0.5) is 0 Å². The van der Waals surface area contributed by atoms with Crippen LogP contribution in [-0.2, 0) is 4.79 Å². The molecule has 0 spiro atoms. The highest BCUT2D eigenvalue weighted by atomic mass is 16.1. The fraction of sp³-hybridized carbons (Fsp3) is 0.800. The number of fused-ring (bicyclic) bond motifs is 1. The topological polar surface area (TPSA) is 17.1 Å². The van der Waals surface area contributed by atoms with Crippen molar-refractivity contribution in [1.82, 2.24) is 0 Å². The predicted octanol–water partition coefficient (Wildman–Crippen LogP) is 3.84. The summed E-state index contributed by atoms with van der Waals surface area (Å²) in [6, 6.07) is 0. The number of aldehydes is 1. The number of hydrogen-bond donors (Lipinski definition) is 0. The van der Waals surface area contributed by atoms with Crippen LogP contribution in [-0.4, -0.2) is 6.29 Å². The molecule has 2 aliphatic carbocycles. The second-order valence-electron chi connectivity index (χ2n) is 6.10. The lowest BCUT2D eigenvalue weighted by Gasteiger charge is -2.45. The smallest absolute Gasteiger partial charge is 0.145 e. The third-order valence-electron chi connectivity index (χ3n) is 4.86. The van der Waals surface area contributed by atoms with Gasteiger partial charge in [0.15, 0.2) is 0 Å². The molecule has 0 aliphatic heterocycles. The van der Waals surface area contributed by atoms with Gasteiger partial charge >= 0.3 is 0 Å². The SMILES string of the molecule is CC(C)C1CCC(C)C2CCC(C=O)=CC12. The Morgan fingerprint density at radius 1 is 1.31 bits per heavy atom. The standard InChI is InChI=1S/C15H24O/c1-10(2)13-6-4-11(3)14-7-5-12(9-16)8-15(13)14/h8-11,13-15H,4-7H2,1-3H3. The number of allylic oxidation sites excluding steroid dienone is 2. The quantitative estimate of drug-likeness (QED) is 0.646. The maximum atomic E-state index is 10.9. The predicted molar refractivity (Wildman–Crippen MR) is 67.1 cm³/mol. The van der Waals surface area contributed by atoms with E-state index < -0.39 is 0 Å². The molecule has 0 heterocycles. The molecule has 16 heavy (non-hydrogen) atoms. The lowest BCUT2D eigenvalue weighted by molar-refractivity contribution is -0.105. The summed E-state index contributed by atoms with van der Waals surface area (Å²) in [4.78, 5) is 10.9. The zero-order valence-electron chi connectivity index (χ0n) is 10.8. The van der Waals surface area contributed by atoms with Crippen LogP contribution in [0, 0.1) is 29.6 Å². The zero-order chi connectivity index (χ0) is 11.7. The molecule has 0 aromatic rings. The van der Waals surface area contributed by atoms with Gasteiger partial charge in [-0.15, -0.1) is 0 Å². The van der Waals surface area contributed by atoms with Crippen molar-refractivity contribution < 1.29 is 4.79 Å². The van der Waals surface area contributed by atoms with E-state index in [2.05, 4.69) is 26.8 Å². The number of carbonyl (C=O) groups excluding carboxylic acids is 1.